The van der Waals surface area contributed by atoms with Crippen LogP contribution in [0.25, 0.3) is 0 Å². The van der Waals surface area contributed by atoms with Crippen LogP contribution in [-0.2, 0) is 14.3 Å². The molecule has 1 fully saturated rings. The van der Waals surface area contributed by atoms with E-state index in [4.69, 9.17) is 0 Å². The fourth-order valence-corrected chi connectivity index (χ4v) is 1.64. The van der Waals surface area contributed by atoms with E-state index in [9.17, 15) is 9.59 Å². The highest BCUT2D eigenvalue weighted by molar-refractivity contribution is 5.88. The SMILES string of the molecule is C=C(C[C@H]1CCC(=O)C1)C(=O)OC. The molecule has 1 atom stereocenters. The van der Waals surface area contributed by atoms with Crippen LogP contribution in [0.4, 0.5) is 0 Å². The Hall–Kier alpha value is -1.12. The van der Waals surface area contributed by atoms with Gasteiger partial charge in [0, 0.05) is 18.4 Å². The predicted molar refractivity (Wildman–Crippen MR) is 48.1 cm³/mol. The van der Waals surface area contributed by atoms with Gasteiger partial charge < -0.3 is 4.74 Å². The lowest BCUT2D eigenvalue weighted by Crippen LogP contribution is -2.07. The Labute approximate surface area is 77.8 Å². The maximum Gasteiger partial charge on any atom is 0.333 e. The van der Waals surface area contributed by atoms with E-state index >= 15 is 0 Å². The molecule has 72 valence electrons. The van der Waals surface area contributed by atoms with Crippen LogP contribution in [0.5, 0.6) is 0 Å². The zero-order valence-electron chi connectivity index (χ0n) is 7.84. The molecule has 0 aliphatic heterocycles. The molecule has 0 spiro atoms. The van der Waals surface area contributed by atoms with Gasteiger partial charge in [-0.25, -0.2) is 4.79 Å². The van der Waals surface area contributed by atoms with Crippen molar-refractivity contribution in [2.45, 2.75) is 25.7 Å². The van der Waals surface area contributed by atoms with Crippen molar-refractivity contribution in [1.82, 2.24) is 0 Å². The van der Waals surface area contributed by atoms with Gasteiger partial charge in [-0.1, -0.05) is 6.58 Å². The molecular formula is C10H14O3. The highest BCUT2D eigenvalue weighted by atomic mass is 16.5. The quantitative estimate of drug-likeness (QED) is 0.490. The Bertz CT molecular complexity index is 243. The van der Waals surface area contributed by atoms with Gasteiger partial charge in [-0.05, 0) is 18.8 Å². The molecule has 0 aromatic carbocycles. The fourth-order valence-electron chi connectivity index (χ4n) is 1.64. The molecule has 3 heteroatoms. The van der Waals surface area contributed by atoms with E-state index in [1.165, 1.54) is 7.11 Å². The lowest BCUT2D eigenvalue weighted by atomic mass is 9.99. The minimum atomic E-state index is -0.362. The summed E-state index contributed by atoms with van der Waals surface area (Å²) in [5.41, 5.74) is 0.474. The number of esters is 1. The predicted octanol–water partition coefficient (Wildman–Crippen LogP) is 1.47. The van der Waals surface area contributed by atoms with E-state index in [1.807, 2.05) is 0 Å². The van der Waals surface area contributed by atoms with Crippen LogP contribution in [0, 0.1) is 5.92 Å². The highest BCUT2D eigenvalue weighted by Gasteiger charge is 2.24. The van der Waals surface area contributed by atoms with Crippen LogP contribution < -0.4 is 0 Å². The number of carbonyl (C=O) groups is 2. The zero-order valence-corrected chi connectivity index (χ0v) is 7.84. The van der Waals surface area contributed by atoms with Crippen LogP contribution in [0.2, 0.25) is 0 Å². The molecule has 3 nitrogen and oxygen atoms in total. The van der Waals surface area contributed by atoms with Gasteiger partial charge in [-0.15, -0.1) is 0 Å². The minimum Gasteiger partial charge on any atom is -0.466 e. The van der Waals surface area contributed by atoms with Gasteiger partial charge >= 0.3 is 5.97 Å². The number of hydrogen-bond acceptors (Lipinski definition) is 3. The standard InChI is InChI=1S/C10H14O3/c1-7(10(12)13-2)5-8-3-4-9(11)6-8/h8H,1,3-6H2,2H3/t8-/m1/s1. The van der Waals surface area contributed by atoms with Crippen molar-refractivity contribution < 1.29 is 14.3 Å². The van der Waals surface area contributed by atoms with Gasteiger partial charge in [-0.3, -0.25) is 4.79 Å². The van der Waals surface area contributed by atoms with Crippen LogP contribution in [0.1, 0.15) is 25.7 Å². The molecule has 0 bridgehead atoms. The second-order valence-corrected chi connectivity index (χ2v) is 3.45. The van der Waals surface area contributed by atoms with Gasteiger partial charge in [0.1, 0.15) is 5.78 Å². The molecule has 0 aromatic heterocycles. The topological polar surface area (TPSA) is 43.4 Å². The van der Waals surface area contributed by atoms with E-state index in [0.29, 0.717) is 36.5 Å². The lowest BCUT2D eigenvalue weighted by Gasteiger charge is -2.08. The first-order valence-corrected chi connectivity index (χ1v) is 4.41. The maximum atomic E-state index is 11.0. The smallest absolute Gasteiger partial charge is 0.333 e. The van der Waals surface area contributed by atoms with E-state index in [-0.39, 0.29) is 5.97 Å². The second-order valence-electron chi connectivity index (χ2n) is 3.45. The number of Topliss-reactive ketones (excluding diaryl/α,β-unsaturated/α-hetero) is 1. The van der Waals surface area contributed by atoms with E-state index in [2.05, 4.69) is 11.3 Å². The fraction of sp³-hybridized carbons (Fsp3) is 0.600. The zero-order chi connectivity index (χ0) is 9.84. The van der Waals surface area contributed by atoms with Gasteiger partial charge in [0.15, 0.2) is 0 Å². The number of carbonyl (C=O) groups excluding carboxylic acids is 2. The summed E-state index contributed by atoms with van der Waals surface area (Å²) in [5.74, 6) is 0.237. The lowest BCUT2D eigenvalue weighted by molar-refractivity contribution is -0.136. The summed E-state index contributed by atoms with van der Waals surface area (Å²) >= 11 is 0. The summed E-state index contributed by atoms with van der Waals surface area (Å²) in [4.78, 5) is 21.9. The van der Waals surface area contributed by atoms with Crippen LogP contribution in [0.3, 0.4) is 0 Å². The minimum absolute atomic E-state index is 0.294. The number of hydrogen-bond donors (Lipinski definition) is 0. The third-order valence-electron chi connectivity index (χ3n) is 2.36. The number of ketones is 1. The molecule has 1 aliphatic rings. The number of methoxy groups -OCH3 is 1. The first-order valence-electron chi connectivity index (χ1n) is 4.41. The van der Waals surface area contributed by atoms with Gasteiger partial charge in [0.2, 0.25) is 0 Å². The van der Waals surface area contributed by atoms with Gasteiger partial charge in [0.25, 0.3) is 0 Å². The molecule has 0 heterocycles. The van der Waals surface area contributed by atoms with Crippen molar-refractivity contribution in [2.75, 3.05) is 7.11 Å². The Kier molecular flexibility index (Phi) is 3.23. The van der Waals surface area contributed by atoms with Crippen LogP contribution in [-0.4, -0.2) is 18.9 Å². The summed E-state index contributed by atoms with van der Waals surface area (Å²) in [7, 11) is 1.34. The summed E-state index contributed by atoms with van der Waals surface area (Å²) in [6.07, 6.45) is 2.72. The molecule has 0 N–H and O–H groups in total. The van der Waals surface area contributed by atoms with Crippen LogP contribution in [0.15, 0.2) is 12.2 Å². The maximum absolute atomic E-state index is 11.0. The van der Waals surface area contributed by atoms with Crippen molar-refractivity contribution in [1.29, 1.82) is 0 Å². The number of ether oxygens (including phenoxy) is 1. The molecule has 0 amide bonds. The molecule has 13 heavy (non-hydrogen) atoms. The molecule has 1 saturated carbocycles. The summed E-state index contributed by atoms with van der Waals surface area (Å²) in [6.45, 7) is 3.63. The first kappa shape index (κ1) is 9.96. The third-order valence-corrected chi connectivity index (χ3v) is 2.36. The van der Waals surface area contributed by atoms with Crippen LogP contribution >= 0.6 is 0 Å². The number of rotatable bonds is 3. The monoisotopic (exact) mass is 182 g/mol. The van der Waals surface area contributed by atoms with Crippen molar-refractivity contribution in [3.05, 3.63) is 12.2 Å². The molecular weight excluding hydrogens is 168 g/mol. The molecule has 1 rings (SSSR count). The average Bonchev–Trinajstić information content (AvgIpc) is 2.49. The summed E-state index contributed by atoms with van der Waals surface area (Å²) in [6, 6.07) is 0. The van der Waals surface area contributed by atoms with E-state index in [0.717, 1.165) is 6.42 Å². The van der Waals surface area contributed by atoms with Crippen molar-refractivity contribution in [3.63, 3.8) is 0 Å². The normalized spacial score (nSPS) is 21.6. The van der Waals surface area contributed by atoms with Gasteiger partial charge in [-0.2, -0.15) is 0 Å². The largest absolute Gasteiger partial charge is 0.466 e. The summed E-state index contributed by atoms with van der Waals surface area (Å²) in [5, 5.41) is 0. The Morgan fingerprint density at radius 2 is 2.38 bits per heavy atom. The Balaban J connectivity index is 2.37. The highest BCUT2D eigenvalue weighted by Crippen LogP contribution is 2.27. The molecule has 0 saturated heterocycles. The van der Waals surface area contributed by atoms with Crippen molar-refractivity contribution in [3.8, 4) is 0 Å². The summed E-state index contributed by atoms with van der Waals surface area (Å²) < 4.78 is 4.53. The van der Waals surface area contributed by atoms with E-state index < -0.39 is 0 Å². The molecule has 0 radical (unpaired) electrons. The first-order chi connectivity index (χ1) is 6.13. The average molecular weight is 182 g/mol. The molecule has 0 unspecified atom stereocenters. The Morgan fingerprint density at radius 3 is 2.85 bits per heavy atom. The second kappa shape index (κ2) is 4.21. The van der Waals surface area contributed by atoms with E-state index in [1.54, 1.807) is 0 Å². The molecule has 0 aromatic rings. The Morgan fingerprint density at radius 1 is 1.69 bits per heavy atom. The van der Waals surface area contributed by atoms with Gasteiger partial charge in [0.05, 0.1) is 7.11 Å². The molecule has 1 aliphatic carbocycles. The van der Waals surface area contributed by atoms with Crippen molar-refractivity contribution in [2.24, 2.45) is 5.92 Å². The third kappa shape index (κ3) is 2.68. The van der Waals surface area contributed by atoms with Crippen molar-refractivity contribution >= 4 is 11.8 Å².